The third-order valence-electron chi connectivity index (χ3n) is 2.48. The van der Waals surface area contributed by atoms with Gasteiger partial charge in [-0.2, -0.15) is 0 Å². The van der Waals surface area contributed by atoms with E-state index in [-0.39, 0.29) is 0 Å². The minimum atomic E-state index is -0.826. The van der Waals surface area contributed by atoms with E-state index in [0.29, 0.717) is 17.9 Å². The van der Waals surface area contributed by atoms with Gasteiger partial charge in [0.2, 0.25) is 0 Å². The fourth-order valence-corrected chi connectivity index (χ4v) is 1.64. The molecule has 0 bridgehead atoms. The molecular formula is C11H18N2O2. The lowest BCUT2D eigenvalue weighted by atomic mass is 9.88. The van der Waals surface area contributed by atoms with Crippen molar-refractivity contribution in [3.05, 3.63) is 11.3 Å². The van der Waals surface area contributed by atoms with Gasteiger partial charge in [-0.3, -0.25) is 0 Å². The van der Waals surface area contributed by atoms with Gasteiger partial charge in [-0.05, 0) is 25.2 Å². The highest BCUT2D eigenvalue weighted by Crippen LogP contribution is 2.29. The summed E-state index contributed by atoms with van der Waals surface area (Å²) in [7, 11) is 3.74. The topological polar surface area (TPSA) is 52.9 Å². The fraction of sp³-hybridized carbons (Fsp3) is 0.636. The SMILES string of the molecule is CC1CCC(N=CN(C)C)=C(C(=O)O)C1. The lowest BCUT2D eigenvalue weighted by Gasteiger charge is -2.20. The van der Waals surface area contributed by atoms with Crippen molar-refractivity contribution in [1.29, 1.82) is 0 Å². The molecule has 4 nitrogen and oxygen atoms in total. The van der Waals surface area contributed by atoms with Gasteiger partial charge in [-0.15, -0.1) is 0 Å². The van der Waals surface area contributed by atoms with E-state index in [0.717, 1.165) is 18.5 Å². The van der Waals surface area contributed by atoms with Gasteiger partial charge in [-0.1, -0.05) is 6.92 Å². The maximum absolute atomic E-state index is 11.0. The summed E-state index contributed by atoms with van der Waals surface area (Å²) in [6.07, 6.45) is 4.09. The molecule has 1 unspecified atom stereocenters. The Hall–Kier alpha value is -1.32. The van der Waals surface area contributed by atoms with Crippen LogP contribution in [0.25, 0.3) is 0 Å². The molecule has 1 N–H and O–H groups in total. The van der Waals surface area contributed by atoms with E-state index in [1.807, 2.05) is 19.0 Å². The number of aliphatic imine (C=N–C) groups is 1. The van der Waals surface area contributed by atoms with Crippen LogP contribution in [0, 0.1) is 5.92 Å². The summed E-state index contributed by atoms with van der Waals surface area (Å²) >= 11 is 0. The highest BCUT2D eigenvalue weighted by atomic mass is 16.4. The summed E-state index contributed by atoms with van der Waals surface area (Å²) in [5, 5.41) is 9.05. The Morgan fingerprint density at radius 2 is 2.27 bits per heavy atom. The summed E-state index contributed by atoms with van der Waals surface area (Å²) in [5.41, 5.74) is 1.21. The molecule has 0 aromatic rings. The van der Waals surface area contributed by atoms with Crippen LogP contribution in [-0.4, -0.2) is 36.4 Å². The Bertz CT molecular complexity index is 306. The van der Waals surface area contributed by atoms with Crippen molar-refractivity contribution < 1.29 is 9.90 Å². The Balaban J connectivity index is 2.88. The molecule has 0 aromatic carbocycles. The quantitative estimate of drug-likeness (QED) is 0.570. The lowest BCUT2D eigenvalue weighted by Crippen LogP contribution is -2.15. The summed E-state index contributed by atoms with van der Waals surface area (Å²) in [6, 6.07) is 0. The van der Waals surface area contributed by atoms with E-state index in [1.54, 1.807) is 6.34 Å². The van der Waals surface area contributed by atoms with Gasteiger partial charge in [0.15, 0.2) is 0 Å². The molecule has 0 spiro atoms. The van der Waals surface area contributed by atoms with Gasteiger partial charge in [0.05, 0.1) is 17.6 Å². The van der Waals surface area contributed by atoms with Crippen molar-refractivity contribution in [2.75, 3.05) is 14.1 Å². The van der Waals surface area contributed by atoms with Crippen LogP contribution in [0.3, 0.4) is 0 Å². The zero-order valence-corrected chi connectivity index (χ0v) is 9.53. The monoisotopic (exact) mass is 210 g/mol. The molecule has 0 amide bonds. The largest absolute Gasteiger partial charge is 0.478 e. The molecule has 0 aromatic heterocycles. The zero-order chi connectivity index (χ0) is 11.4. The third kappa shape index (κ3) is 3.38. The van der Waals surface area contributed by atoms with Crippen LogP contribution < -0.4 is 0 Å². The first kappa shape index (κ1) is 11.8. The van der Waals surface area contributed by atoms with Crippen molar-refractivity contribution >= 4 is 12.3 Å². The number of aliphatic carboxylic acids is 1. The first-order chi connectivity index (χ1) is 7.00. The minimum Gasteiger partial charge on any atom is -0.478 e. The zero-order valence-electron chi connectivity index (χ0n) is 9.53. The number of hydrogen-bond donors (Lipinski definition) is 1. The van der Waals surface area contributed by atoms with Crippen LogP contribution in [0.2, 0.25) is 0 Å². The van der Waals surface area contributed by atoms with E-state index in [1.165, 1.54) is 0 Å². The Morgan fingerprint density at radius 1 is 1.60 bits per heavy atom. The molecular weight excluding hydrogens is 192 g/mol. The smallest absolute Gasteiger partial charge is 0.333 e. The predicted molar refractivity (Wildman–Crippen MR) is 59.9 cm³/mol. The standard InChI is InChI=1S/C11H18N2O2/c1-8-4-5-10(12-7-13(2)3)9(6-8)11(14)15/h7-8H,4-6H2,1-3H3,(H,14,15). The van der Waals surface area contributed by atoms with Crippen LogP contribution in [0.5, 0.6) is 0 Å². The average Bonchev–Trinajstić information content (AvgIpc) is 2.15. The molecule has 0 saturated heterocycles. The van der Waals surface area contributed by atoms with E-state index >= 15 is 0 Å². The lowest BCUT2D eigenvalue weighted by molar-refractivity contribution is -0.133. The second-order valence-corrected chi connectivity index (χ2v) is 4.29. The van der Waals surface area contributed by atoms with E-state index in [4.69, 9.17) is 5.11 Å². The number of rotatable bonds is 3. The summed E-state index contributed by atoms with van der Waals surface area (Å²) in [6.45, 7) is 2.08. The second-order valence-electron chi connectivity index (χ2n) is 4.29. The van der Waals surface area contributed by atoms with E-state index in [9.17, 15) is 4.79 Å². The van der Waals surface area contributed by atoms with Gasteiger partial charge >= 0.3 is 5.97 Å². The molecule has 4 heteroatoms. The molecule has 0 aliphatic heterocycles. The van der Waals surface area contributed by atoms with Crippen molar-refractivity contribution in [2.24, 2.45) is 10.9 Å². The Morgan fingerprint density at radius 3 is 2.80 bits per heavy atom. The number of carboxylic acid groups (broad SMARTS) is 1. The van der Waals surface area contributed by atoms with Crippen LogP contribution in [-0.2, 0) is 4.79 Å². The van der Waals surface area contributed by atoms with Crippen LogP contribution in [0.15, 0.2) is 16.3 Å². The molecule has 1 rings (SSSR count). The molecule has 1 aliphatic carbocycles. The highest BCUT2D eigenvalue weighted by Gasteiger charge is 2.22. The third-order valence-corrected chi connectivity index (χ3v) is 2.48. The van der Waals surface area contributed by atoms with Gasteiger partial charge < -0.3 is 10.0 Å². The summed E-state index contributed by atoms with van der Waals surface area (Å²) in [4.78, 5) is 17.0. The van der Waals surface area contributed by atoms with Crippen molar-refractivity contribution in [2.45, 2.75) is 26.2 Å². The number of allylic oxidation sites excluding steroid dienone is 1. The summed E-state index contributed by atoms with van der Waals surface area (Å²) in [5.74, 6) is -0.373. The molecule has 0 radical (unpaired) electrons. The van der Waals surface area contributed by atoms with Crippen LogP contribution in [0.1, 0.15) is 26.2 Å². The van der Waals surface area contributed by atoms with Gasteiger partial charge in [0, 0.05) is 14.1 Å². The second kappa shape index (κ2) is 4.96. The number of nitrogens with zero attached hydrogens (tertiary/aromatic N) is 2. The van der Waals surface area contributed by atoms with Gasteiger partial charge in [0.1, 0.15) is 0 Å². The van der Waals surface area contributed by atoms with Gasteiger partial charge in [0.25, 0.3) is 0 Å². The van der Waals surface area contributed by atoms with E-state index < -0.39 is 5.97 Å². The number of carboxylic acids is 1. The Labute approximate surface area is 90.3 Å². The number of hydrogen-bond acceptors (Lipinski definition) is 2. The van der Waals surface area contributed by atoms with Gasteiger partial charge in [-0.25, -0.2) is 9.79 Å². The summed E-state index contributed by atoms with van der Waals surface area (Å²) < 4.78 is 0. The maximum atomic E-state index is 11.0. The van der Waals surface area contributed by atoms with Crippen molar-refractivity contribution in [3.63, 3.8) is 0 Å². The molecule has 0 fully saturated rings. The molecule has 1 aliphatic rings. The number of carbonyl (C=O) groups is 1. The first-order valence-corrected chi connectivity index (χ1v) is 5.16. The van der Waals surface area contributed by atoms with E-state index in [2.05, 4.69) is 11.9 Å². The van der Waals surface area contributed by atoms with Crippen LogP contribution in [0.4, 0.5) is 0 Å². The maximum Gasteiger partial charge on any atom is 0.333 e. The first-order valence-electron chi connectivity index (χ1n) is 5.16. The van der Waals surface area contributed by atoms with Crippen LogP contribution >= 0.6 is 0 Å². The molecule has 0 heterocycles. The van der Waals surface area contributed by atoms with Crippen molar-refractivity contribution in [1.82, 2.24) is 4.90 Å². The molecule has 0 saturated carbocycles. The average molecular weight is 210 g/mol. The molecule has 15 heavy (non-hydrogen) atoms. The van der Waals surface area contributed by atoms with Crippen molar-refractivity contribution in [3.8, 4) is 0 Å². The Kier molecular flexibility index (Phi) is 3.88. The highest BCUT2D eigenvalue weighted by molar-refractivity contribution is 5.88. The fourth-order valence-electron chi connectivity index (χ4n) is 1.64. The molecule has 84 valence electrons. The molecule has 1 atom stereocenters. The predicted octanol–water partition coefficient (Wildman–Crippen LogP) is 1.74. The minimum absolute atomic E-state index is 0.453. The normalized spacial score (nSPS) is 22.2.